The van der Waals surface area contributed by atoms with E-state index >= 15 is 0 Å². The lowest BCUT2D eigenvalue weighted by atomic mass is 10.1. The van der Waals surface area contributed by atoms with Gasteiger partial charge in [-0.05, 0) is 24.6 Å². The van der Waals surface area contributed by atoms with E-state index in [1.165, 1.54) is 44.9 Å². The van der Waals surface area contributed by atoms with Crippen molar-refractivity contribution < 1.29 is 9.84 Å². The Morgan fingerprint density at radius 3 is 2.43 bits per heavy atom. The average molecular weight is 288 g/mol. The molecule has 2 nitrogen and oxygen atoms in total. The third-order valence-electron chi connectivity index (χ3n) is 3.41. The number of benzene rings is 1. The first-order valence-corrected chi connectivity index (χ1v) is 8.19. The molecule has 0 amide bonds. The van der Waals surface area contributed by atoms with Crippen LogP contribution in [0.25, 0.3) is 0 Å². The van der Waals surface area contributed by atoms with Crippen molar-refractivity contribution in [3.63, 3.8) is 0 Å². The van der Waals surface area contributed by atoms with Crippen molar-refractivity contribution in [2.24, 2.45) is 0 Å². The molecule has 21 heavy (non-hydrogen) atoms. The van der Waals surface area contributed by atoms with Gasteiger partial charge in [-0.3, -0.25) is 0 Å². The molecule has 0 aromatic heterocycles. The largest absolute Gasteiger partial charge is 0.494 e. The Balaban J connectivity index is 2.10. The molecule has 0 saturated heterocycles. The van der Waals surface area contributed by atoms with Crippen LogP contribution in [0.5, 0.6) is 5.75 Å². The highest BCUT2D eigenvalue weighted by Crippen LogP contribution is 2.14. The molecule has 1 aromatic rings. The second-order valence-electron chi connectivity index (χ2n) is 5.31. The van der Waals surface area contributed by atoms with E-state index in [1.807, 2.05) is 24.3 Å². The van der Waals surface area contributed by atoms with Gasteiger partial charge in [0, 0.05) is 5.56 Å². The standard InChI is InChI=1S/C19H28O2/c1-2-3-4-5-6-7-8-9-16-21-19-14-10-12-18(17-19)13-11-15-20/h10,12,14,17,20H,2-9,15-16H2,1H3. The van der Waals surface area contributed by atoms with Gasteiger partial charge in [-0.15, -0.1) is 0 Å². The average Bonchev–Trinajstić information content (AvgIpc) is 2.52. The van der Waals surface area contributed by atoms with Crippen LogP contribution in [0.1, 0.15) is 63.9 Å². The fourth-order valence-electron chi connectivity index (χ4n) is 2.23. The van der Waals surface area contributed by atoms with Crippen LogP contribution in [0.2, 0.25) is 0 Å². The van der Waals surface area contributed by atoms with Gasteiger partial charge in [-0.25, -0.2) is 0 Å². The van der Waals surface area contributed by atoms with Crippen LogP contribution in [-0.4, -0.2) is 18.3 Å². The Bertz CT molecular complexity index is 429. The summed E-state index contributed by atoms with van der Waals surface area (Å²) in [6.07, 6.45) is 10.5. The van der Waals surface area contributed by atoms with E-state index in [-0.39, 0.29) is 6.61 Å². The molecular formula is C19H28O2. The van der Waals surface area contributed by atoms with E-state index in [9.17, 15) is 0 Å². The Morgan fingerprint density at radius 1 is 1.00 bits per heavy atom. The minimum absolute atomic E-state index is 0.108. The first-order chi connectivity index (χ1) is 10.4. The van der Waals surface area contributed by atoms with Crippen LogP contribution in [-0.2, 0) is 0 Å². The maximum Gasteiger partial charge on any atom is 0.120 e. The zero-order valence-electron chi connectivity index (χ0n) is 13.2. The molecule has 2 heteroatoms. The van der Waals surface area contributed by atoms with Gasteiger partial charge >= 0.3 is 0 Å². The van der Waals surface area contributed by atoms with Crippen LogP contribution in [0.3, 0.4) is 0 Å². The lowest BCUT2D eigenvalue weighted by molar-refractivity contribution is 0.304. The van der Waals surface area contributed by atoms with Crippen molar-refractivity contribution in [2.45, 2.75) is 58.3 Å². The number of aliphatic hydroxyl groups is 1. The molecule has 0 spiro atoms. The molecule has 0 atom stereocenters. The van der Waals surface area contributed by atoms with Crippen LogP contribution in [0.4, 0.5) is 0 Å². The summed E-state index contributed by atoms with van der Waals surface area (Å²) in [7, 11) is 0. The molecule has 0 heterocycles. The molecule has 0 bridgehead atoms. The molecular weight excluding hydrogens is 260 g/mol. The topological polar surface area (TPSA) is 29.5 Å². The summed E-state index contributed by atoms with van der Waals surface area (Å²) in [5, 5.41) is 8.68. The molecule has 0 saturated carbocycles. The fourth-order valence-corrected chi connectivity index (χ4v) is 2.23. The molecule has 0 unspecified atom stereocenters. The van der Waals surface area contributed by atoms with E-state index in [1.54, 1.807) is 0 Å². The number of unbranched alkanes of at least 4 members (excludes halogenated alkanes) is 7. The summed E-state index contributed by atoms with van der Waals surface area (Å²) in [5.41, 5.74) is 0.887. The summed E-state index contributed by atoms with van der Waals surface area (Å²) in [5.74, 6) is 6.40. The van der Waals surface area contributed by atoms with Crippen molar-refractivity contribution in [2.75, 3.05) is 13.2 Å². The predicted molar refractivity (Wildman–Crippen MR) is 88.5 cm³/mol. The second kappa shape index (κ2) is 12.3. The molecule has 0 radical (unpaired) electrons. The quantitative estimate of drug-likeness (QED) is 0.505. The van der Waals surface area contributed by atoms with Gasteiger partial charge < -0.3 is 9.84 Å². The van der Waals surface area contributed by atoms with Gasteiger partial charge in [0.1, 0.15) is 12.4 Å². The van der Waals surface area contributed by atoms with Crippen molar-refractivity contribution in [1.82, 2.24) is 0 Å². The summed E-state index contributed by atoms with van der Waals surface area (Å²) in [4.78, 5) is 0. The Kier molecular flexibility index (Phi) is 10.3. The first kappa shape index (κ1) is 17.6. The summed E-state index contributed by atoms with van der Waals surface area (Å²) >= 11 is 0. The van der Waals surface area contributed by atoms with E-state index in [4.69, 9.17) is 9.84 Å². The highest BCUT2D eigenvalue weighted by Gasteiger charge is 1.96. The second-order valence-corrected chi connectivity index (χ2v) is 5.31. The monoisotopic (exact) mass is 288 g/mol. The van der Waals surface area contributed by atoms with Crippen molar-refractivity contribution in [3.05, 3.63) is 29.8 Å². The predicted octanol–water partition coefficient (Wildman–Crippen LogP) is 4.55. The smallest absolute Gasteiger partial charge is 0.120 e. The molecule has 0 aliphatic rings. The number of rotatable bonds is 10. The van der Waals surface area contributed by atoms with E-state index < -0.39 is 0 Å². The number of hydrogen-bond donors (Lipinski definition) is 1. The summed E-state index contributed by atoms with van der Waals surface area (Å²) < 4.78 is 5.74. The SMILES string of the molecule is CCCCCCCCCCOc1cccc(C#CCO)c1. The zero-order valence-corrected chi connectivity index (χ0v) is 13.2. The number of hydrogen-bond acceptors (Lipinski definition) is 2. The third-order valence-corrected chi connectivity index (χ3v) is 3.41. The van der Waals surface area contributed by atoms with Crippen LogP contribution in [0, 0.1) is 11.8 Å². The summed E-state index contributed by atoms with van der Waals surface area (Å²) in [6, 6.07) is 7.73. The molecule has 0 fully saturated rings. The molecule has 1 aromatic carbocycles. The molecule has 0 aliphatic heterocycles. The lowest BCUT2D eigenvalue weighted by Crippen LogP contribution is -1.97. The van der Waals surface area contributed by atoms with E-state index in [0.717, 1.165) is 24.3 Å². The minimum atomic E-state index is -0.108. The number of ether oxygens (including phenoxy) is 1. The Morgan fingerprint density at radius 2 is 1.71 bits per heavy atom. The van der Waals surface area contributed by atoms with Crippen LogP contribution >= 0.6 is 0 Å². The van der Waals surface area contributed by atoms with Gasteiger partial charge in [0.05, 0.1) is 6.61 Å². The van der Waals surface area contributed by atoms with Crippen molar-refractivity contribution in [3.8, 4) is 17.6 Å². The highest BCUT2D eigenvalue weighted by molar-refractivity contribution is 5.39. The fraction of sp³-hybridized carbons (Fsp3) is 0.579. The normalized spacial score (nSPS) is 10.0. The van der Waals surface area contributed by atoms with Gasteiger partial charge in [-0.2, -0.15) is 0 Å². The maximum atomic E-state index is 8.68. The first-order valence-electron chi connectivity index (χ1n) is 8.19. The Hall–Kier alpha value is -1.46. The minimum Gasteiger partial charge on any atom is -0.494 e. The summed E-state index contributed by atoms with van der Waals surface area (Å²) in [6.45, 7) is 2.91. The van der Waals surface area contributed by atoms with Gasteiger partial charge in [-0.1, -0.05) is 69.8 Å². The van der Waals surface area contributed by atoms with Crippen molar-refractivity contribution >= 4 is 0 Å². The van der Waals surface area contributed by atoms with E-state index in [0.29, 0.717) is 0 Å². The van der Waals surface area contributed by atoms with E-state index in [2.05, 4.69) is 18.8 Å². The number of aliphatic hydroxyl groups excluding tert-OH is 1. The van der Waals surface area contributed by atoms with Crippen LogP contribution < -0.4 is 4.74 Å². The molecule has 1 N–H and O–H groups in total. The highest BCUT2D eigenvalue weighted by atomic mass is 16.5. The lowest BCUT2D eigenvalue weighted by Gasteiger charge is -2.06. The Labute approximate surface area is 129 Å². The van der Waals surface area contributed by atoms with Gasteiger partial charge in [0.25, 0.3) is 0 Å². The third kappa shape index (κ3) is 9.15. The van der Waals surface area contributed by atoms with Gasteiger partial charge in [0.2, 0.25) is 0 Å². The zero-order chi connectivity index (χ0) is 15.2. The van der Waals surface area contributed by atoms with Crippen LogP contribution in [0.15, 0.2) is 24.3 Å². The molecule has 0 aliphatic carbocycles. The van der Waals surface area contributed by atoms with Gasteiger partial charge in [0.15, 0.2) is 0 Å². The maximum absolute atomic E-state index is 8.68. The molecule has 1 rings (SSSR count). The molecule has 116 valence electrons. The van der Waals surface area contributed by atoms with Crippen molar-refractivity contribution in [1.29, 1.82) is 0 Å².